The summed E-state index contributed by atoms with van der Waals surface area (Å²) in [6, 6.07) is 3.42. The lowest BCUT2D eigenvalue weighted by Gasteiger charge is -2.26. The second-order valence-corrected chi connectivity index (χ2v) is 9.31. The predicted octanol–water partition coefficient (Wildman–Crippen LogP) is 2.32. The smallest absolute Gasteiger partial charge is 0.251 e. The molecule has 2 fully saturated rings. The number of amides is 1. The lowest BCUT2D eigenvalue weighted by atomic mass is 9.98. The van der Waals surface area contributed by atoms with Crippen molar-refractivity contribution in [2.24, 2.45) is 0 Å². The molecule has 1 saturated heterocycles. The summed E-state index contributed by atoms with van der Waals surface area (Å²) in [4.78, 5) is 11.9. The topological polar surface area (TPSA) is 84.9 Å². The number of carbonyl (C=O) groups excluding carboxylic acids is 1. The van der Waals surface area contributed by atoms with E-state index in [0.717, 1.165) is 25.0 Å². The minimum absolute atomic E-state index is 0.117. The number of benzene rings is 1. The highest BCUT2D eigenvalue weighted by Gasteiger charge is 2.29. The molecule has 1 heterocycles. The van der Waals surface area contributed by atoms with Crippen LogP contribution in [0.15, 0.2) is 23.1 Å². The number of nitrogens with zero attached hydrogens (tertiary/aromatic N) is 1. The van der Waals surface area contributed by atoms with Gasteiger partial charge in [-0.3, -0.25) is 4.79 Å². The van der Waals surface area contributed by atoms with Crippen LogP contribution < -0.4 is 5.32 Å². The minimum Gasteiger partial charge on any atom is -0.379 e. The predicted molar refractivity (Wildman–Crippen MR) is 106 cm³/mol. The van der Waals surface area contributed by atoms with Crippen LogP contribution in [0.3, 0.4) is 0 Å². The monoisotopic (exact) mass is 428 g/mol. The van der Waals surface area contributed by atoms with Gasteiger partial charge < -0.3 is 14.8 Å². The fourth-order valence-corrected chi connectivity index (χ4v) is 5.12. The molecule has 0 bridgehead atoms. The lowest BCUT2D eigenvalue weighted by Crippen LogP contribution is -2.41. The lowest BCUT2D eigenvalue weighted by molar-refractivity contribution is 0.0273. The highest BCUT2D eigenvalue weighted by molar-refractivity contribution is 7.89. The molecule has 1 aliphatic heterocycles. The quantitative estimate of drug-likeness (QED) is 0.643. The Morgan fingerprint density at radius 3 is 2.66 bits per heavy atom. The molecule has 3 rings (SSSR count). The van der Waals surface area contributed by atoms with Crippen LogP contribution in [0.1, 0.15) is 48.9 Å². The van der Waals surface area contributed by atoms with E-state index in [4.69, 9.17) is 9.47 Å². The zero-order chi connectivity index (χ0) is 20.7. The number of carbonyl (C=O) groups is 1. The Bertz CT molecular complexity index is 790. The average Bonchev–Trinajstić information content (AvgIpc) is 2.75. The number of halogens is 1. The van der Waals surface area contributed by atoms with Crippen molar-refractivity contribution in [3.63, 3.8) is 0 Å². The fraction of sp³-hybridized carbons (Fsp3) is 0.650. The SMILES string of the molecule is O=C(NCCCOC1CCCCC1)c1ccc(F)c(S(=O)(=O)N2CCOCC2)c1. The van der Waals surface area contributed by atoms with Crippen molar-refractivity contribution in [2.45, 2.75) is 49.5 Å². The maximum absolute atomic E-state index is 14.2. The molecular formula is C20H29FN2O5S. The van der Waals surface area contributed by atoms with Gasteiger partial charge in [0.15, 0.2) is 0 Å². The molecule has 162 valence electrons. The van der Waals surface area contributed by atoms with E-state index >= 15 is 0 Å². The Morgan fingerprint density at radius 2 is 1.93 bits per heavy atom. The number of morpholine rings is 1. The van der Waals surface area contributed by atoms with E-state index in [-0.39, 0.29) is 31.9 Å². The number of ether oxygens (including phenoxy) is 2. The van der Waals surface area contributed by atoms with E-state index in [9.17, 15) is 17.6 Å². The van der Waals surface area contributed by atoms with E-state index in [0.29, 0.717) is 25.7 Å². The van der Waals surface area contributed by atoms with E-state index in [2.05, 4.69) is 5.32 Å². The largest absolute Gasteiger partial charge is 0.379 e. The first kappa shape index (κ1) is 22.1. The molecule has 0 unspecified atom stereocenters. The Hall–Kier alpha value is -1.55. The minimum atomic E-state index is -4.01. The van der Waals surface area contributed by atoms with Crippen LogP contribution in [0.5, 0.6) is 0 Å². The van der Waals surface area contributed by atoms with Gasteiger partial charge >= 0.3 is 0 Å². The van der Waals surface area contributed by atoms with Crippen LogP contribution in [0, 0.1) is 5.82 Å². The Kier molecular flexibility index (Phi) is 7.99. The molecule has 29 heavy (non-hydrogen) atoms. The number of rotatable bonds is 8. The van der Waals surface area contributed by atoms with Gasteiger partial charge in [-0.25, -0.2) is 12.8 Å². The summed E-state index contributed by atoms with van der Waals surface area (Å²) in [6.07, 6.45) is 6.89. The zero-order valence-electron chi connectivity index (χ0n) is 16.6. The van der Waals surface area contributed by atoms with Gasteiger partial charge in [0.2, 0.25) is 10.0 Å². The van der Waals surface area contributed by atoms with E-state index in [1.54, 1.807) is 0 Å². The zero-order valence-corrected chi connectivity index (χ0v) is 17.4. The molecule has 1 aliphatic carbocycles. The van der Waals surface area contributed by atoms with Crippen LogP contribution in [0.25, 0.3) is 0 Å². The van der Waals surface area contributed by atoms with Crippen molar-refractivity contribution in [3.8, 4) is 0 Å². The summed E-state index contributed by atoms with van der Waals surface area (Å²) in [5.74, 6) is -1.30. The van der Waals surface area contributed by atoms with Crippen molar-refractivity contribution in [1.29, 1.82) is 0 Å². The highest BCUT2D eigenvalue weighted by Crippen LogP contribution is 2.22. The normalized spacial score (nSPS) is 19.2. The van der Waals surface area contributed by atoms with E-state index < -0.39 is 26.6 Å². The summed E-state index contributed by atoms with van der Waals surface area (Å²) >= 11 is 0. The third-order valence-electron chi connectivity index (χ3n) is 5.29. The summed E-state index contributed by atoms with van der Waals surface area (Å²) in [7, 11) is -4.01. The molecule has 1 amide bonds. The fourth-order valence-electron chi connectivity index (χ4n) is 3.63. The Morgan fingerprint density at radius 1 is 1.21 bits per heavy atom. The van der Waals surface area contributed by atoms with E-state index in [1.807, 2.05) is 0 Å². The third-order valence-corrected chi connectivity index (χ3v) is 7.21. The van der Waals surface area contributed by atoms with Crippen molar-refractivity contribution < 1.29 is 27.1 Å². The second kappa shape index (κ2) is 10.5. The molecule has 1 aromatic rings. The maximum Gasteiger partial charge on any atom is 0.251 e. The molecular weight excluding hydrogens is 399 g/mol. The number of hydrogen-bond acceptors (Lipinski definition) is 5. The number of hydrogen-bond donors (Lipinski definition) is 1. The Balaban J connectivity index is 1.53. The van der Waals surface area contributed by atoms with Gasteiger partial charge in [-0.05, 0) is 37.5 Å². The van der Waals surface area contributed by atoms with Gasteiger partial charge in [0.05, 0.1) is 19.3 Å². The summed E-state index contributed by atoms with van der Waals surface area (Å²) in [5, 5.41) is 2.74. The standard InChI is InChI=1S/C20H29FN2O5S/c21-18-8-7-16(15-19(18)29(25,26)23-10-13-27-14-11-23)20(24)22-9-4-12-28-17-5-2-1-3-6-17/h7-8,15,17H,1-6,9-14H2,(H,22,24). The van der Waals surface area contributed by atoms with E-state index in [1.165, 1.54) is 29.6 Å². The maximum atomic E-state index is 14.2. The van der Waals surface area contributed by atoms with Gasteiger partial charge in [0.1, 0.15) is 10.7 Å². The highest BCUT2D eigenvalue weighted by atomic mass is 32.2. The van der Waals surface area contributed by atoms with Gasteiger partial charge in [0.25, 0.3) is 5.91 Å². The summed E-state index contributed by atoms with van der Waals surface area (Å²) in [5.41, 5.74) is 0.117. The summed E-state index contributed by atoms with van der Waals surface area (Å²) < 4.78 is 51.8. The molecule has 0 radical (unpaired) electrons. The average molecular weight is 429 g/mol. The van der Waals surface area contributed by atoms with Crippen LogP contribution in [0.4, 0.5) is 4.39 Å². The van der Waals surface area contributed by atoms with Crippen molar-refractivity contribution >= 4 is 15.9 Å². The van der Waals surface area contributed by atoms with Gasteiger partial charge in [-0.1, -0.05) is 19.3 Å². The molecule has 2 aliphatic rings. The molecule has 0 aromatic heterocycles. The first-order valence-electron chi connectivity index (χ1n) is 10.3. The van der Waals surface area contributed by atoms with Crippen molar-refractivity contribution in [1.82, 2.24) is 9.62 Å². The second-order valence-electron chi connectivity index (χ2n) is 7.40. The molecule has 9 heteroatoms. The van der Waals surface area contributed by atoms with Crippen LogP contribution in [0.2, 0.25) is 0 Å². The molecule has 0 spiro atoms. The van der Waals surface area contributed by atoms with Crippen LogP contribution >= 0.6 is 0 Å². The van der Waals surface area contributed by atoms with Crippen molar-refractivity contribution in [2.75, 3.05) is 39.5 Å². The molecule has 7 nitrogen and oxygen atoms in total. The molecule has 1 N–H and O–H groups in total. The summed E-state index contributed by atoms with van der Waals surface area (Å²) in [6.45, 7) is 1.85. The van der Waals surface area contributed by atoms with Gasteiger partial charge in [-0.2, -0.15) is 4.31 Å². The van der Waals surface area contributed by atoms with Crippen LogP contribution in [-0.4, -0.2) is 64.2 Å². The first-order chi connectivity index (χ1) is 14.0. The molecule has 0 atom stereocenters. The Labute approximate surface area is 171 Å². The third kappa shape index (κ3) is 5.97. The van der Waals surface area contributed by atoms with Crippen LogP contribution in [-0.2, 0) is 19.5 Å². The van der Waals surface area contributed by atoms with Gasteiger partial charge in [-0.15, -0.1) is 0 Å². The molecule has 1 aromatic carbocycles. The number of nitrogens with one attached hydrogen (secondary N) is 1. The number of sulfonamides is 1. The molecule has 1 saturated carbocycles. The van der Waals surface area contributed by atoms with Gasteiger partial charge in [0, 0.05) is 31.8 Å². The first-order valence-corrected chi connectivity index (χ1v) is 11.7. The van der Waals surface area contributed by atoms with Crippen molar-refractivity contribution in [3.05, 3.63) is 29.6 Å².